The third-order valence-electron chi connectivity index (χ3n) is 2.29. The maximum atomic E-state index is 12.0. The van der Waals surface area contributed by atoms with Crippen molar-refractivity contribution in [2.24, 2.45) is 0 Å². The van der Waals surface area contributed by atoms with Gasteiger partial charge in [-0.05, 0) is 74.1 Å². The quantitative estimate of drug-likeness (QED) is 0.779. The average molecular weight is 393 g/mol. The maximum Gasteiger partial charge on any atom is 0.260 e. The van der Waals surface area contributed by atoms with Gasteiger partial charge in [-0.15, -0.1) is 0 Å². The summed E-state index contributed by atoms with van der Waals surface area (Å²) in [4.78, 5) is 12.0. The fourth-order valence-corrected chi connectivity index (χ4v) is 3.27. The molecule has 0 bridgehead atoms. The van der Waals surface area contributed by atoms with Crippen molar-refractivity contribution in [1.29, 1.82) is 0 Å². The molecule has 1 aromatic carbocycles. The molecule has 0 saturated heterocycles. The van der Waals surface area contributed by atoms with Crippen LogP contribution in [-0.4, -0.2) is 5.91 Å². The van der Waals surface area contributed by atoms with Crippen molar-refractivity contribution in [3.8, 4) is 0 Å². The van der Waals surface area contributed by atoms with Gasteiger partial charge in [0.1, 0.15) is 0 Å². The monoisotopic (exact) mass is 391 g/mol. The van der Waals surface area contributed by atoms with Gasteiger partial charge < -0.3 is 9.73 Å². The number of hydrogen-bond acceptors (Lipinski definition) is 2. The number of nitrogens with one attached hydrogen (secondary N) is 1. The van der Waals surface area contributed by atoms with E-state index in [1.807, 2.05) is 19.1 Å². The lowest BCUT2D eigenvalue weighted by Crippen LogP contribution is -2.12. The molecule has 1 N–H and O–H groups in total. The Morgan fingerprint density at radius 1 is 1.33 bits per heavy atom. The molecule has 0 spiro atoms. The van der Waals surface area contributed by atoms with Crippen molar-refractivity contribution in [1.82, 2.24) is 0 Å². The Morgan fingerprint density at radius 3 is 2.44 bits per heavy atom. The Bertz CT molecular complexity index is 587. The predicted molar refractivity (Wildman–Crippen MR) is 78.3 cm³/mol. The molecule has 0 aliphatic carbocycles. The van der Waals surface area contributed by atoms with Crippen LogP contribution in [0.2, 0.25) is 5.22 Å². The maximum absolute atomic E-state index is 12.0. The fraction of sp³-hybridized carbons (Fsp3) is 0.0833. The smallest absolute Gasteiger partial charge is 0.260 e. The van der Waals surface area contributed by atoms with Crippen molar-refractivity contribution in [3.63, 3.8) is 0 Å². The van der Waals surface area contributed by atoms with Crippen LogP contribution in [0.5, 0.6) is 0 Å². The van der Waals surface area contributed by atoms with Crippen molar-refractivity contribution in [2.75, 3.05) is 5.32 Å². The van der Waals surface area contributed by atoms with Gasteiger partial charge in [0.2, 0.25) is 5.22 Å². The predicted octanol–water partition coefficient (Wildman–Crippen LogP) is 5.02. The molecule has 1 aromatic heterocycles. The third-order valence-corrected chi connectivity index (χ3v) is 3.83. The van der Waals surface area contributed by atoms with E-state index >= 15 is 0 Å². The largest absolute Gasteiger partial charge is 0.452 e. The van der Waals surface area contributed by atoms with Gasteiger partial charge in [-0.3, -0.25) is 4.79 Å². The molecule has 6 heteroatoms. The van der Waals surface area contributed by atoms with Crippen molar-refractivity contribution >= 4 is 55.1 Å². The highest BCUT2D eigenvalue weighted by molar-refractivity contribution is 9.11. The molecule has 0 aliphatic rings. The number of carbonyl (C=O) groups is 1. The molecule has 0 fully saturated rings. The molecule has 2 aromatic rings. The highest BCUT2D eigenvalue weighted by atomic mass is 79.9. The normalized spacial score (nSPS) is 10.4. The number of carbonyl (C=O) groups excluding carboxylic acids is 1. The summed E-state index contributed by atoms with van der Waals surface area (Å²) in [6.45, 7) is 1.97. The van der Waals surface area contributed by atoms with Gasteiger partial charge in [-0.1, -0.05) is 0 Å². The van der Waals surface area contributed by atoms with Crippen LogP contribution in [0.25, 0.3) is 0 Å². The molecule has 0 saturated carbocycles. The number of anilines is 1. The number of amides is 1. The zero-order valence-corrected chi connectivity index (χ0v) is 13.2. The van der Waals surface area contributed by atoms with E-state index in [1.165, 1.54) is 12.3 Å². The lowest BCUT2D eigenvalue weighted by molar-refractivity contribution is 0.102. The van der Waals surface area contributed by atoms with Crippen LogP contribution < -0.4 is 5.32 Å². The lowest BCUT2D eigenvalue weighted by Gasteiger charge is -2.10. The molecule has 0 aliphatic heterocycles. The van der Waals surface area contributed by atoms with Crippen molar-refractivity contribution in [2.45, 2.75) is 6.92 Å². The van der Waals surface area contributed by atoms with E-state index in [0.717, 1.165) is 14.5 Å². The minimum absolute atomic E-state index is 0.0758. The Kier molecular flexibility index (Phi) is 4.14. The van der Waals surface area contributed by atoms with E-state index in [2.05, 4.69) is 37.2 Å². The molecule has 3 nitrogen and oxygen atoms in total. The molecule has 1 heterocycles. The number of rotatable bonds is 2. The second kappa shape index (κ2) is 5.47. The minimum atomic E-state index is -0.320. The first kappa shape index (κ1) is 13.6. The zero-order valence-electron chi connectivity index (χ0n) is 9.26. The van der Waals surface area contributed by atoms with Gasteiger partial charge in [0.15, 0.2) is 0 Å². The van der Waals surface area contributed by atoms with Gasteiger partial charge in [0.05, 0.1) is 17.5 Å². The molecule has 94 valence electrons. The highest BCUT2D eigenvalue weighted by Gasteiger charge is 2.16. The molecule has 0 radical (unpaired) electrons. The van der Waals surface area contributed by atoms with Crippen LogP contribution in [0.15, 0.2) is 37.8 Å². The molecular formula is C12H8Br2ClNO2. The molecule has 0 unspecified atom stereocenters. The Labute approximate surface area is 126 Å². The number of halogens is 3. The summed E-state index contributed by atoms with van der Waals surface area (Å²) in [6.07, 6.45) is 1.37. The molecule has 18 heavy (non-hydrogen) atoms. The second-order valence-corrected chi connectivity index (χ2v) is 5.72. The van der Waals surface area contributed by atoms with Gasteiger partial charge in [0, 0.05) is 8.95 Å². The number of benzene rings is 1. The van der Waals surface area contributed by atoms with Crippen molar-refractivity contribution in [3.05, 3.63) is 49.8 Å². The van der Waals surface area contributed by atoms with E-state index < -0.39 is 0 Å². The summed E-state index contributed by atoms with van der Waals surface area (Å²) < 4.78 is 6.47. The first-order valence-electron chi connectivity index (χ1n) is 4.99. The first-order valence-corrected chi connectivity index (χ1v) is 6.95. The summed E-state index contributed by atoms with van der Waals surface area (Å²) in [5, 5.41) is 2.85. The van der Waals surface area contributed by atoms with Crippen LogP contribution in [0.3, 0.4) is 0 Å². The molecule has 1 amide bonds. The summed E-state index contributed by atoms with van der Waals surface area (Å²) in [5.74, 6) is -0.320. The van der Waals surface area contributed by atoms with E-state index in [1.54, 1.807) is 0 Å². The summed E-state index contributed by atoms with van der Waals surface area (Å²) in [7, 11) is 0. The first-order chi connectivity index (χ1) is 8.49. The number of aryl methyl sites for hydroxylation is 1. The van der Waals surface area contributed by atoms with Crippen LogP contribution >= 0.6 is 43.5 Å². The summed E-state index contributed by atoms with van der Waals surface area (Å²) in [5.41, 5.74) is 2.03. The number of hydrogen-bond donors (Lipinski definition) is 1. The van der Waals surface area contributed by atoms with E-state index in [9.17, 15) is 4.79 Å². The van der Waals surface area contributed by atoms with Gasteiger partial charge in [-0.2, -0.15) is 0 Å². The minimum Gasteiger partial charge on any atom is -0.452 e. The second-order valence-electron chi connectivity index (χ2n) is 3.67. The van der Waals surface area contributed by atoms with Crippen LogP contribution in [0.1, 0.15) is 15.9 Å². The number of furan rings is 1. The van der Waals surface area contributed by atoms with Crippen LogP contribution in [0, 0.1) is 6.92 Å². The fourth-order valence-electron chi connectivity index (χ4n) is 1.46. The SMILES string of the molecule is Cc1cc(Br)c(NC(=O)c2ccoc2Cl)c(Br)c1. The Hall–Kier alpha value is -0.780. The van der Waals surface area contributed by atoms with Gasteiger partial charge >= 0.3 is 0 Å². The zero-order chi connectivity index (χ0) is 13.3. The lowest BCUT2D eigenvalue weighted by atomic mass is 10.2. The van der Waals surface area contributed by atoms with Crippen molar-refractivity contribution < 1.29 is 9.21 Å². The van der Waals surface area contributed by atoms with E-state index in [-0.39, 0.29) is 11.1 Å². The molecule has 0 atom stereocenters. The summed E-state index contributed by atoms with van der Waals surface area (Å²) >= 11 is 12.6. The standard InChI is InChI=1S/C12H8Br2ClNO2/c1-6-4-8(13)10(9(14)5-6)16-12(17)7-2-3-18-11(7)15/h2-5H,1H3,(H,16,17). The summed E-state index contributed by atoms with van der Waals surface area (Å²) in [6, 6.07) is 5.35. The molecular weight excluding hydrogens is 385 g/mol. The topological polar surface area (TPSA) is 42.2 Å². The van der Waals surface area contributed by atoms with E-state index in [0.29, 0.717) is 11.3 Å². The Morgan fingerprint density at radius 2 is 1.94 bits per heavy atom. The Balaban J connectivity index is 2.31. The average Bonchev–Trinajstić information content (AvgIpc) is 2.69. The highest BCUT2D eigenvalue weighted by Crippen LogP contribution is 2.33. The van der Waals surface area contributed by atoms with Crippen LogP contribution in [-0.2, 0) is 0 Å². The van der Waals surface area contributed by atoms with E-state index in [4.69, 9.17) is 16.0 Å². The van der Waals surface area contributed by atoms with Gasteiger partial charge in [-0.25, -0.2) is 0 Å². The molecule has 2 rings (SSSR count). The van der Waals surface area contributed by atoms with Gasteiger partial charge in [0.25, 0.3) is 5.91 Å². The third kappa shape index (κ3) is 2.79. The van der Waals surface area contributed by atoms with Crippen LogP contribution in [0.4, 0.5) is 5.69 Å².